The van der Waals surface area contributed by atoms with Crippen molar-refractivity contribution in [3.8, 4) is 5.75 Å². The largest absolute Gasteiger partial charge is 0.496 e. The van der Waals surface area contributed by atoms with Crippen molar-refractivity contribution in [2.45, 2.75) is 38.5 Å². The van der Waals surface area contributed by atoms with Crippen LogP contribution in [0.1, 0.15) is 38.3 Å². The zero-order chi connectivity index (χ0) is 14.8. The van der Waals surface area contributed by atoms with Crippen LogP contribution in [0.5, 0.6) is 5.75 Å². The molecule has 0 saturated heterocycles. The van der Waals surface area contributed by atoms with Crippen molar-refractivity contribution in [3.63, 3.8) is 0 Å². The van der Waals surface area contributed by atoms with Gasteiger partial charge in [0.05, 0.1) is 19.1 Å². The maximum atomic E-state index is 13.5. The summed E-state index contributed by atoms with van der Waals surface area (Å²) in [5, 5.41) is 8.87. The van der Waals surface area contributed by atoms with Gasteiger partial charge in [-0.3, -0.25) is 4.79 Å². The molecule has 0 fully saturated rings. The number of carboxylic acid groups (broad SMARTS) is 1. The molecule has 0 atom stereocenters. The van der Waals surface area contributed by atoms with Crippen molar-refractivity contribution >= 4 is 5.97 Å². The Morgan fingerprint density at radius 3 is 2.32 bits per heavy atom. The minimum Gasteiger partial charge on any atom is -0.496 e. The Labute approximate surface area is 111 Å². The second kappa shape index (κ2) is 5.15. The van der Waals surface area contributed by atoms with E-state index in [1.54, 1.807) is 19.9 Å². The first kappa shape index (κ1) is 15.4. The number of hydrogen-bond donors (Lipinski definition) is 1. The van der Waals surface area contributed by atoms with E-state index >= 15 is 0 Å². The number of carboxylic acids is 1. The van der Waals surface area contributed by atoms with Crippen LogP contribution in [0.15, 0.2) is 18.2 Å². The summed E-state index contributed by atoms with van der Waals surface area (Å²) in [6.45, 7) is 4.21. The molecule has 106 valence electrons. The first-order valence-electron chi connectivity index (χ1n) is 5.86. The number of carbonyl (C=O) groups is 1. The third kappa shape index (κ3) is 3.66. The highest BCUT2D eigenvalue weighted by Crippen LogP contribution is 2.38. The Bertz CT molecular complexity index is 476. The number of alkyl halides is 2. The molecule has 0 aliphatic carbocycles. The first-order chi connectivity index (χ1) is 8.58. The van der Waals surface area contributed by atoms with Crippen molar-refractivity contribution in [3.05, 3.63) is 29.3 Å². The minimum atomic E-state index is -3.04. The number of ether oxygens (including phenoxy) is 1. The molecular weight excluding hydrogens is 254 g/mol. The van der Waals surface area contributed by atoms with Crippen molar-refractivity contribution in [1.82, 2.24) is 0 Å². The van der Waals surface area contributed by atoms with Gasteiger partial charge in [0.1, 0.15) is 5.75 Å². The molecule has 1 rings (SSSR count). The van der Waals surface area contributed by atoms with Gasteiger partial charge in [0.15, 0.2) is 0 Å². The van der Waals surface area contributed by atoms with Gasteiger partial charge in [-0.15, -0.1) is 0 Å². The number of rotatable bonds is 5. The fourth-order valence-corrected chi connectivity index (χ4v) is 1.95. The molecule has 0 saturated carbocycles. The molecule has 1 aromatic rings. The molecule has 19 heavy (non-hydrogen) atoms. The predicted molar refractivity (Wildman–Crippen MR) is 67.8 cm³/mol. The van der Waals surface area contributed by atoms with E-state index in [1.165, 1.54) is 19.2 Å². The summed E-state index contributed by atoms with van der Waals surface area (Å²) in [6.07, 6.45) is -0.131. The van der Waals surface area contributed by atoms with Crippen LogP contribution in [-0.4, -0.2) is 18.2 Å². The number of halogens is 2. The summed E-state index contributed by atoms with van der Waals surface area (Å²) in [4.78, 5) is 10.8. The van der Waals surface area contributed by atoms with E-state index < -0.39 is 17.3 Å². The van der Waals surface area contributed by atoms with Gasteiger partial charge in [0.2, 0.25) is 0 Å². The molecule has 5 heteroatoms. The molecule has 0 bridgehead atoms. The SMILES string of the molecule is COc1ccc(C(C)(C)CC(=O)O)cc1C(C)(F)F. The lowest BCUT2D eigenvalue weighted by molar-refractivity contribution is -0.138. The quantitative estimate of drug-likeness (QED) is 0.891. The lowest BCUT2D eigenvalue weighted by atomic mass is 9.80. The number of benzene rings is 1. The molecule has 0 aliphatic rings. The van der Waals surface area contributed by atoms with Crippen LogP contribution in [-0.2, 0) is 16.1 Å². The molecule has 0 spiro atoms. The van der Waals surface area contributed by atoms with Crippen molar-refractivity contribution in [2.75, 3.05) is 7.11 Å². The van der Waals surface area contributed by atoms with Gasteiger partial charge in [-0.2, -0.15) is 0 Å². The zero-order valence-corrected chi connectivity index (χ0v) is 11.5. The third-order valence-electron chi connectivity index (χ3n) is 3.05. The van der Waals surface area contributed by atoms with E-state index in [-0.39, 0.29) is 17.7 Å². The standard InChI is InChI=1S/C14H18F2O3/c1-13(2,8-12(17)18)9-5-6-11(19-4)10(7-9)14(3,15)16/h5-7H,8H2,1-4H3,(H,17,18). The van der Waals surface area contributed by atoms with Gasteiger partial charge in [0.25, 0.3) is 5.92 Å². The van der Waals surface area contributed by atoms with E-state index in [2.05, 4.69) is 0 Å². The molecule has 0 aliphatic heterocycles. The molecule has 3 nitrogen and oxygen atoms in total. The Morgan fingerprint density at radius 2 is 1.89 bits per heavy atom. The van der Waals surface area contributed by atoms with Crippen LogP contribution in [0, 0.1) is 0 Å². The fraction of sp³-hybridized carbons (Fsp3) is 0.500. The van der Waals surface area contributed by atoms with Gasteiger partial charge < -0.3 is 9.84 Å². The van der Waals surface area contributed by atoms with Crippen LogP contribution in [0.2, 0.25) is 0 Å². The van der Waals surface area contributed by atoms with Crippen molar-refractivity contribution in [1.29, 1.82) is 0 Å². The van der Waals surface area contributed by atoms with E-state index in [9.17, 15) is 13.6 Å². The average Bonchev–Trinajstić information content (AvgIpc) is 2.25. The van der Waals surface area contributed by atoms with Gasteiger partial charge in [-0.1, -0.05) is 19.9 Å². The highest BCUT2D eigenvalue weighted by molar-refractivity contribution is 5.69. The normalized spacial score (nSPS) is 12.3. The lowest BCUT2D eigenvalue weighted by Crippen LogP contribution is -2.22. The Balaban J connectivity index is 3.29. The van der Waals surface area contributed by atoms with E-state index in [0.717, 1.165) is 6.92 Å². The number of aliphatic carboxylic acids is 1. The molecule has 0 heterocycles. The zero-order valence-electron chi connectivity index (χ0n) is 11.5. The second-order valence-corrected chi connectivity index (χ2v) is 5.26. The van der Waals surface area contributed by atoms with Crippen LogP contribution < -0.4 is 4.74 Å². The van der Waals surface area contributed by atoms with Gasteiger partial charge in [-0.05, 0) is 17.7 Å². The van der Waals surface area contributed by atoms with E-state index in [4.69, 9.17) is 9.84 Å². The van der Waals surface area contributed by atoms with Crippen LogP contribution in [0.4, 0.5) is 8.78 Å². The van der Waals surface area contributed by atoms with Crippen LogP contribution >= 0.6 is 0 Å². The minimum absolute atomic E-state index is 0.0994. The smallest absolute Gasteiger partial charge is 0.304 e. The monoisotopic (exact) mass is 272 g/mol. The average molecular weight is 272 g/mol. The van der Waals surface area contributed by atoms with Gasteiger partial charge in [-0.25, -0.2) is 8.78 Å². The molecule has 0 unspecified atom stereocenters. The summed E-state index contributed by atoms with van der Waals surface area (Å²) in [7, 11) is 1.33. The molecule has 0 radical (unpaired) electrons. The lowest BCUT2D eigenvalue weighted by Gasteiger charge is -2.25. The van der Waals surface area contributed by atoms with Crippen LogP contribution in [0.25, 0.3) is 0 Å². The second-order valence-electron chi connectivity index (χ2n) is 5.26. The number of methoxy groups -OCH3 is 1. The van der Waals surface area contributed by atoms with Gasteiger partial charge >= 0.3 is 5.97 Å². The molecular formula is C14H18F2O3. The topological polar surface area (TPSA) is 46.5 Å². The highest BCUT2D eigenvalue weighted by atomic mass is 19.3. The van der Waals surface area contributed by atoms with E-state index in [1.807, 2.05) is 0 Å². The summed E-state index contributed by atoms with van der Waals surface area (Å²) in [6, 6.07) is 4.39. The summed E-state index contributed by atoms with van der Waals surface area (Å²) < 4.78 is 32.0. The third-order valence-corrected chi connectivity index (χ3v) is 3.05. The molecule has 0 aromatic heterocycles. The molecule has 0 amide bonds. The van der Waals surface area contributed by atoms with Crippen molar-refractivity contribution < 1.29 is 23.4 Å². The summed E-state index contributed by atoms with van der Waals surface area (Å²) >= 11 is 0. The molecule has 1 N–H and O–H groups in total. The Hall–Kier alpha value is -1.65. The molecule has 1 aromatic carbocycles. The maximum Gasteiger partial charge on any atom is 0.304 e. The predicted octanol–water partition coefficient (Wildman–Crippen LogP) is 3.56. The van der Waals surface area contributed by atoms with E-state index in [0.29, 0.717) is 5.56 Å². The van der Waals surface area contributed by atoms with Crippen LogP contribution in [0.3, 0.4) is 0 Å². The highest BCUT2D eigenvalue weighted by Gasteiger charge is 2.32. The Kier molecular flexibility index (Phi) is 4.18. The first-order valence-corrected chi connectivity index (χ1v) is 5.86. The summed E-state index contributed by atoms with van der Waals surface area (Å²) in [5.41, 5.74) is -0.406. The van der Waals surface area contributed by atoms with Crippen molar-refractivity contribution in [2.24, 2.45) is 0 Å². The summed E-state index contributed by atoms with van der Waals surface area (Å²) in [5.74, 6) is -3.91. The Morgan fingerprint density at radius 1 is 1.32 bits per heavy atom. The fourth-order valence-electron chi connectivity index (χ4n) is 1.95. The number of hydrogen-bond acceptors (Lipinski definition) is 2. The maximum absolute atomic E-state index is 13.5. The van der Waals surface area contributed by atoms with Gasteiger partial charge in [0, 0.05) is 12.3 Å².